The molecule has 6 aliphatic rings. The van der Waals surface area contributed by atoms with Crippen LogP contribution in [0.15, 0.2) is 85.1 Å². The molecule has 3 fully saturated rings. The lowest BCUT2D eigenvalue weighted by Gasteiger charge is -2.34. The molecular weight excluding hydrogens is 705 g/mol. The molecule has 1 aromatic heterocycles. The standard InChI is InChI=1S/C44H42N8O4/c1-45-32(53)18-23-22-46-36-24(23)10-7-12-26(36)43-20-34(55)51(3)40(43)49-38-28(43)14-9-16-30(38)44-21-35(56)52(4)41(44)48-37-27(13-8-15-29(37)44)42-19-33(54)50(2)39(42)47-31-17-6-5-11-25(31)42/h5-17,22,39-41,46-49H,18-21H2,1-4H3,(H,45,53)/t39-,40-,41-,42-,43+,44-/m1/s1. The quantitative estimate of drug-likeness (QED) is 0.182. The molecule has 11 rings (SSSR count). The number of benzene rings is 4. The van der Waals surface area contributed by atoms with E-state index in [-0.39, 0.29) is 49.1 Å². The van der Waals surface area contributed by atoms with Crippen LogP contribution in [0.3, 0.4) is 0 Å². The second-order valence-electron chi connectivity index (χ2n) is 16.5. The number of aromatic nitrogens is 1. The van der Waals surface area contributed by atoms with E-state index in [0.717, 1.165) is 66.9 Å². The van der Waals surface area contributed by atoms with E-state index < -0.39 is 28.6 Å². The first kappa shape index (κ1) is 33.1. The maximum Gasteiger partial charge on any atom is 0.225 e. The van der Waals surface area contributed by atoms with Gasteiger partial charge in [0.1, 0.15) is 18.5 Å². The number of likely N-dealkylation sites (tertiary alicyclic amines) is 3. The van der Waals surface area contributed by atoms with Crippen LogP contribution in [0.4, 0.5) is 17.1 Å². The van der Waals surface area contributed by atoms with Gasteiger partial charge in [0.15, 0.2) is 0 Å². The molecule has 0 radical (unpaired) electrons. The van der Waals surface area contributed by atoms with Gasteiger partial charge < -0.3 is 41.0 Å². The first-order valence-corrected chi connectivity index (χ1v) is 19.3. The number of carbonyl (C=O) groups excluding carboxylic acids is 4. The third-order valence-corrected chi connectivity index (χ3v) is 14.3. The number of fused-ring (bicyclic) bond motifs is 10. The molecule has 0 spiro atoms. The van der Waals surface area contributed by atoms with Crippen molar-refractivity contribution in [3.05, 3.63) is 124 Å². The van der Waals surface area contributed by atoms with Crippen LogP contribution in [0.2, 0.25) is 0 Å². The molecule has 56 heavy (non-hydrogen) atoms. The summed E-state index contributed by atoms with van der Waals surface area (Å²) < 4.78 is 0. The number of likely N-dealkylation sites (N-methyl/N-ethyl adjacent to an activating group) is 4. The summed E-state index contributed by atoms with van der Waals surface area (Å²) in [4.78, 5) is 62.8. The number of aromatic amines is 1. The molecule has 4 amide bonds. The van der Waals surface area contributed by atoms with Crippen LogP contribution in [-0.2, 0) is 41.8 Å². The second-order valence-corrected chi connectivity index (χ2v) is 16.5. The van der Waals surface area contributed by atoms with Gasteiger partial charge in [-0.15, -0.1) is 0 Å². The van der Waals surface area contributed by atoms with Gasteiger partial charge in [0.2, 0.25) is 23.6 Å². The normalized spacial score (nSPS) is 29.1. The van der Waals surface area contributed by atoms with Crippen molar-refractivity contribution < 1.29 is 19.2 Å². The van der Waals surface area contributed by atoms with E-state index >= 15 is 0 Å². The third kappa shape index (κ3) is 3.74. The molecule has 5 N–H and O–H groups in total. The van der Waals surface area contributed by atoms with Gasteiger partial charge in [0.05, 0.1) is 22.7 Å². The van der Waals surface area contributed by atoms with Crippen molar-refractivity contribution in [3.63, 3.8) is 0 Å². The zero-order valence-electron chi connectivity index (χ0n) is 31.6. The smallest absolute Gasteiger partial charge is 0.225 e. The van der Waals surface area contributed by atoms with Gasteiger partial charge in [0.25, 0.3) is 0 Å². The minimum absolute atomic E-state index is 0.0346. The van der Waals surface area contributed by atoms with Crippen LogP contribution >= 0.6 is 0 Å². The summed E-state index contributed by atoms with van der Waals surface area (Å²) in [5.41, 5.74) is 8.64. The number of nitrogens with zero attached hydrogens (tertiary/aromatic N) is 3. The molecule has 5 aromatic rings. The van der Waals surface area contributed by atoms with E-state index in [0.29, 0.717) is 6.42 Å². The van der Waals surface area contributed by atoms with Gasteiger partial charge in [-0.2, -0.15) is 0 Å². The van der Waals surface area contributed by atoms with Crippen molar-refractivity contribution in [1.82, 2.24) is 25.0 Å². The van der Waals surface area contributed by atoms with Crippen LogP contribution < -0.4 is 21.3 Å². The molecular formula is C44H42N8O4. The first-order valence-electron chi connectivity index (χ1n) is 19.3. The van der Waals surface area contributed by atoms with Crippen molar-refractivity contribution in [2.75, 3.05) is 44.1 Å². The van der Waals surface area contributed by atoms with Crippen molar-refractivity contribution in [2.45, 2.75) is 60.4 Å². The Morgan fingerprint density at radius 1 is 0.625 bits per heavy atom. The van der Waals surface area contributed by atoms with Crippen molar-refractivity contribution >= 4 is 51.6 Å². The Bertz CT molecular complexity index is 2620. The lowest BCUT2D eigenvalue weighted by Crippen LogP contribution is -2.44. The van der Waals surface area contributed by atoms with E-state index in [1.807, 2.05) is 66.3 Å². The predicted molar refractivity (Wildman–Crippen MR) is 212 cm³/mol. The van der Waals surface area contributed by atoms with Crippen LogP contribution in [0, 0.1) is 0 Å². The summed E-state index contributed by atoms with van der Waals surface area (Å²) in [5.74, 6) is 0.0747. The highest BCUT2D eigenvalue weighted by atomic mass is 16.2. The monoisotopic (exact) mass is 746 g/mol. The predicted octanol–water partition coefficient (Wildman–Crippen LogP) is 4.16. The molecule has 12 heteroatoms. The molecule has 0 aliphatic carbocycles. The third-order valence-electron chi connectivity index (χ3n) is 14.3. The SMILES string of the molecule is CNC(=O)Cc1c[nH]c2c([C@]34CC(=O)N(C)[C@H]3Nc3c([C@]56CC(=O)N(C)[C@H]5Nc5c6cccc5[C@]56CC(=O)N(C)[C@H]5Nc5ccccc56)cccc34)cccc12. The Morgan fingerprint density at radius 3 is 1.62 bits per heavy atom. The number of hydrogen-bond donors (Lipinski definition) is 5. The maximum absolute atomic E-state index is 14.0. The fourth-order valence-electron chi connectivity index (χ4n) is 11.7. The summed E-state index contributed by atoms with van der Waals surface area (Å²) in [5, 5.41) is 15.1. The Labute approximate surface area is 323 Å². The average Bonchev–Trinajstić information content (AvgIpc) is 4.05. The van der Waals surface area contributed by atoms with Gasteiger partial charge in [-0.3, -0.25) is 19.2 Å². The van der Waals surface area contributed by atoms with E-state index in [1.54, 1.807) is 7.05 Å². The molecule has 0 saturated carbocycles. The minimum atomic E-state index is -0.788. The summed E-state index contributed by atoms with van der Waals surface area (Å²) in [6, 6.07) is 27.1. The summed E-state index contributed by atoms with van der Waals surface area (Å²) in [6.07, 6.45) is 1.91. The summed E-state index contributed by atoms with van der Waals surface area (Å²) in [6.45, 7) is 0. The minimum Gasteiger partial charge on any atom is -0.364 e. The molecule has 6 aliphatic heterocycles. The Hall–Kier alpha value is -6.30. The topological polar surface area (TPSA) is 142 Å². The lowest BCUT2D eigenvalue weighted by molar-refractivity contribution is -0.128. The van der Waals surface area contributed by atoms with Crippen molar-refractivity contribution in [3.8, 4) is 0 Å². The van der Waals surface area contributed by atoms with E-state index in [4.69, 9.17) is 0 Å². The fraction of sp³-hybridized carbons (Fsp3) is 0.318. The van der Waals surface area contributed by atoms with Crippen LogP contribution in [0.1, 0.15) is 58.2 Å². The van der Waals surface area contributed by atoms with Crippen molar-refractivity contribution in [1.29, 1.82) is 0 Å². The fourth-order valence-corrected chi connectivity index (χ4v) is 11.7. The van der Waals surface area contributed by atoms with E-state index in [9.17, 15) is 19.2 Å². The van der Waals surface area contributed by atoms with E-state index in [2.05, 4.69) is 80.8 Å². The van der Waals surface area contributed by atoms with Gasteiger partial charge in [0, 0.05) is 81.6 Å². The summed E-state index contributed by atoms with van der Waals surface area (Å²) >= 11 is 0. The molecule has 3 saturated heterocycles. The van der Waals surface area contributed by atoms with Crippen LogP contribution in [0.5, 0.6) is 0 Å². The number of rotatable bonds is 5. The number of carbonyl (C=O) groups is 4. The molecule has 6 atom stereocenters. The highest BCUT2D eigenvalue weighted by Crippen LogP contribution is 2.63. The van der Waals surface area contributed by atoms with Gasteiger partial charge >= 0.3 is 0 Å². The Morgan fingerprint density at radius 2 is 1.07 bits per heavy atom. The van der Waals surface area contributed by atoms with Gasteiger partial charge in [-0.1, -0.05) is 72.8 Å². The molecule has 282 valence electrons. The Balaban J connectivity index is 1.13. The molecule has 0 bridgehead atoms. The molecule has 0 unspecified atom stereocenters. The first-order chi connectivity index (χ1) is 27.1. The largest absolute Gasteiger partial charge is 0.364 e. The van der Waals surface area contributed by atoms with Crippen molar-refractivity contribution in [2.24, 2.45) is 0 Å². The summed E-state index contributed by atoms with van der Waals surface area (Å²) in [7, 11) is 7.24. The number of hydrogen-bond acceptors (Lipinski definition) is 7. The number of amides is 4. The van der Waals surface area contributed by atoms with Crippen LogP contribution in [0.25, 0.3) is 10.9 Å². The molecule has 12 nitrogen and oxygen atoms in total. The lowest BCUT2D eigenvalue weighted by atomic mass is 9.67. The van der Waals surface area contributed by atoms with Gasteiger partial charge in [-0.25, -0.2) is 0 Å². The highest BCUT2D eigenvalue weighted by molar-refractivity contribution is 5.97. The molecule has 7 heterocycles. The highest BCUT2D eigenvalue weighted by Gasteiger charge is 2.65. The number of anilines is 3. The Kier molecular flexibility index (Phi) is 6.45. The molecule has 4 aromatic carbocycles. The average molecular weight is 747 g/mol. The number of para-hydroxylation sites is 4. The second kappa shape index (κ2) is 10.9. The van der Waals surface area contributed by atoms with E-state index in [1.165, 1.54) is 0 Å². The number of H-pyrrole nitrogens is 1. The zero-order valence-corrected chi connectivity index (χ0v) is 31.6. The number of nitrogens with one attached hydrogen (secondary N) is 5. The maximum atomic E-state index is 14.0. The van der Waals surface area contributed by atoms with Gasteiger partial charge in [-0.05, 0) is 45.0 Å². The van der Waals surface area contributed by atoms with Crippen LogP contribution in [-0.4, -0.2) is 90.0 Å². The zero-order chi connectivity index (χ0) is 38.5.